The van der Waals surface area contributed by atoms with Crippen LogP contribution in [0.2, 0.25) is 0 Å². The summed E-state index contributed by atoms with van der Waals surface area (Å²) < 4.78 is 64.0. The summed E-state index contributed by atoms with van der Waals surface area (Å²) in [5.74, 6) is 0. The highest BCUT2D eigenvalue weighted by atomic mass is 32.2. The predicted octanol–water partition coefficient (Wildman–Crippen LogP) is 2.63. The number of piperidine rings is 1. The maximum atomic E-state index is 12.6. The zero-order valence-electron chi connectivity index (χ0n) is 12.4. The minimum Gasteiger partial charge on any atom is -0.393 e. The van der Waals surface area contributed by atoms with Gasteiger partial charge in [0.1, 0.15) is 0 Å². The van der Waals surface area contributed by atoms with Crippen molar-refractivity contribution >= 4 is 10.0 Å². The number of rotatable bonds is 2. The van der Waals surface area contributed by atoms with E-state index < -0.39 is 21.8 Å². The molecule has 3 rings (SSSR count). The third-order valence-corrected chi connectivity index (χ3v) is 7.07. The second kappa shape index (κ2) is 5.46. The lowest BCUT2D eigenvalue weighted by atomic mass is 9.61. The SMILES string of the molecule is O=S(=O)(c1ccc(C(F)(F)F)cc1)N1CCC2(CCC2O)CC1. The topological polar surface area (TPSA) is 57.6 Å². The zero-order valence-corrected chi connectivity index (χ0v) is 13.2. The van der Waals surface area contributed by atoms with E-state index in [4.69, 9.17) is 0 Å². The molecule has 1 unspecified atom stereocenters. The van der Waals surface area contributed by atoms with E-state index in [0.717, 1.165) is 37.1 Å². The normalized spacial score (nSPS) is 25.3. The van der Waals surface area contributed by atoms with Crippen molar-refractivity contribution in [3.63, 3.8) is 0 Å². The molecule has 1 saturated carbocycles. The molecule has 1 spiro atoms. The van der Waals surface area contributed by atoms with Gasteiger partial charge in [-0.2, -0.15) is 17.5 Å². The lowest BCUT2D eigenvalue weighted by Crippen LogP contribution is -2.53. The molecule has 1 heterocycles. The molecular formula is C15H18F3NO3S. The smallest absolute Gasteiger partial charge is 0.393 e. The van der Waals surface area contributed by atoms with E-state index in [1.54, 1.807) is 0 Å². The first-order valence-corrected chi connectivity index (χ1v) is 8.95. The molecule has 1 aliphatic heterocycles. The number of hydrogen-bond donors (Lipinski definition) is 1. The van der Waals surface area contributed by atoms with Crippen LogP contribution in [0.1, 0.15) is 31.2 Å². The Morgan fingerprint density at radius 3 is 2.04 bits per heavy atom. The summed E-state index contributed by atoms with van der Waals surface area (Å²) in [7, 11) is -3.79. The van der Waals surface area contributed by atoms with Crippen LogP contribution < -0.4 is 0 Å². The van der Waals surface area contributed by atoms with Gasteiger partial charge in [-0.15, -0.1) is 0 Å². The molecule has 0 amide bonds. The fraction of sp³-hybridized carbons (Fsp3) is 0.600. The Morgan fingerprint density at radius 1 is 1.09 bits per heavy atom. The molecule has 0 aromatic heterocycles. The minimum absolute atomic E-state index is 0.129. The monoisotopic (exact) mass is 349 g/mol. The second-order valence-corrected chi connectivity index (χ2v) is 8.28. The molecule has 2 fully saturated rings. The van der Waals surface area contributed by atoms with Gasteiger partial charge < -0.3 is 5.11 Å². The molecule has 1 aromatic carbocycles. The molecular weight excluding hydrogens is 331 g/mol. The fourth-order valence-corrected chi connectivity index (χ4v) is 4.84. The van der Waals surface area contributed by atoms with E-state index >= 15 is 0 Å². The Morgan fingerprint density at radius 2 is 1.65 bits per heavy atom. The fourth-order valence-electron chi connectivity index (χ4n) is 3.40. The summed E-state index contributed by atoms with van der Waals surface area (Å²) in [4.78, 5) is -0.129. The summed E-state index contributed by atoms with van der Waals surface area (Å²) >= 11 is 0. The minimum atomic E-state index is -4.49. The van der Waals surface area contributed by atoms with Crippen molar-refractivity contribution in [3.8, 4) is 0 Å². The molecule has 1 N–H and O–H groups in total. The predicted molar refractivity (Wildman–Crippen MR) is 77.1 cm³/mol. The highest BCUT2D eigenvalue weighted by Gasteiger charge is 2.48. The van der Waals surface area contributed by atoms with Crippen LogP contribution in [0.4, 0.5) is 13.2 Å². The Balaban J connectivity index is 1.75. The molecule has 0 radical (unpaired) electrons. The van der Waals surface area contributed by atoms with Gasteiger partial charge in [-0.1, -0.05) is 0 Å². The van der Waals surface area contributed by atoms with Gasteiger partial charge in [0.15, 0.2) is 0 Å². The quantitative estimate of drug-likeness (QED) is 0.893. The lowest BCUT2D eigenvalue weighted by molar-refractivity contribution is -0.137. The molecule has 128 valence electrons. The van der Waals surface area contributed by atoms with Crippen LogP contribution in [0.15, 0.2) is 29.2 Å². The number of aliphatic hydroxyl groups excluding tert-OH is 1. The molecule has 2 aliphatic rings. The summed E-state index contributed by atoms with van der Waals surface area (Å²) in [5, 5.41) is 9.86. The van der Waals surface area contributed by atoms with Crippen LogP contribution in [-0.2, 0) is 16.2 Å². The highest BCUT2D eigenvalue weighted by molar-refractivity contribution is 7.89. The molecule has 8 heteroatoms. The Labute approximate surface area is 133 Å². The molecule has 1 aromatic rings. The van der Waals surface area contributed by atoms with E-state index in [1.807, 2.05) is 0 Å². The molecule has 1 saturated heterocycles. The van der Waals surface area contributed by atoms with Crippen molar-refractivity contribution in [1.29, 1.82) is 0 Å². The van der Waals surface area contributed by atoms with E-state index in [2.05, 4.69) is 0 Å². The van der Waals surface area contributed by atoms with Gasteiger partial charge in [-0.25, -0.2) is 8.42 Å². The van der Waals surface area contributed by atoms with Gasteiger partial charge in [-0.05, 0) is 55.4 Å². The van der Waals surface area contributed by atoms with Crippen molar-refractivity contribution in [3.05, 3.63) is 29.8 Å². The first kappa shape index (κ1) is 16.7. The van der Waals surface area contributed by atoms with Crippen LogP contribution in [0, 0.1) is 5.41 Å². The van der Waals surface area contributed by atoms with Crippen molar-refractivity contribution in [2.75, 3.05) is 13.1 Å². The number of sulfonamides is 1. The van der Waals surface area contributed by atoms with Crippen LogP contribution in [0.5, 0.6) is 0 Å². The molecule has 1 atom stereocenters. The molecule has 0 bridgehead atoms. The number of benzene rings is 1. The molecule has 23 heavy (non-hydrogen) atoms. The Hall–Kier alpha value is -1.12. The maximum Gasteiger partial charge on any atom is 0.416 e. The third-order valence-electron chi connectivity index (χ3n) is 5.16. The van der Waals surface area contributed by atoms with Crippen LogP contribution >= 0.6 is 0 Å². The van der Waals surface area contributed by atoms with Gasteiger partial charge in [0.2, 0.25) is 10.0 Å². The van der Waals surface area contributed by atoms with Gasteiger partial charge in [0.05, 0.1) is 16.6 Å². The Kier molecular flexibility index (Phi) is 3.97. The first-order chi connectivity index (χ1) is 10.7. The van der Waals surface area contributed by atoms with Gasteiger partial charge in [-0.3, -0.25) is 0 Å². The van der Waals surface area contributed by atoms with Gasteiger partial charge in [0, 0.05) is 13.1 Å². The van der Waals surface area contributed by atoms with E-state index in [1.165, 1.54) is 4.31 Å². The standard InChI is InChI=1S/C15H18F3NO3S/c16-15(17,18)11-1-3-12(4-2-11)23(21,22)19-9-7-14(8-10-19)6-5-13(14)20/h1-4,13,20H,5-10H2. The summed E-state index contributed by atoms with van der Waals surface area (Å²) in [5.41, 5.74) is -1.03. The van der Waals surface area contributed by atoms with E-state index in [0.29, 0.717) is 25.9 Å². The van der Waals surface area contributed by atoms with Gasteiger partial charge in [0.25, 0.3) is 0 Å². The van der Waals surface area contributed by atoms with Crippen LogP contribution in [-0.4, -0.2) is 37.0 Å². The highest BCUT2D eigenvalue weighted by Crippen LogP contribution is 2.49. The maximum absolute atomic E-state index is 12.6. The van der Waals surface area contributed by atoms with E-state index in [9.17, 15) is 26.7 Å². The van der Waals surface area contributed by atoms with Crippen molar-refractivity contribution < 1.29 is 26.7 Å². The third kappa shape index (κ3) is 2.88. The summed E-state index contributed by atoms with van der Waals surface area (Å²) in [6.07, 6.45) is -2.01. The average Bonchev–Trinajstić information content (AvgIpc) is 2.53. The van der Waals surface area contributed by atoms with Gasteiger partial charge >= 0.3 is 6.18 Å². The first-order valence-electron chi connectivity index (χ1n) is 7.51. The van der Waals surface area contributed by atoms with E-state index in [-0.39, 0.29) is 16.4 Å². The van der Waals surface area contributed by atoms with Crippen molar-refractivity contribution in [2.45, 2.75) is 42.9 Å². The zero-order chi connectivity index (χ0) is 16.9. The van der Waals surface area contributed by atoms with Crippen molar-refractivity contribution in [2.24, 2.45) is 5.41 Å². The summed E-state index contributed by atoms with van der Waals surface area (Å²) in [6, 6.07) is 3.57. The second-order valence-electron chi connectivity index (χ2n) is 6.34. The number of nitrogens with zero attached hydrogens (tertiary/aromatic N) is 1. The molecule has 4 nitrogen and oxygen atoms in total. The van der Waals surface area contributed by atoms with Crippen LogP contribution in [0.3, 0.4) is 0 Å². The number of hydrogen-bond acceptors (Lipinski definition) is 3. The number of aliphatic hydroxyl groups is 1. The molecule has 1 aliphatic carbocycles. The Bertz CT molecular complexity index is 677. The number of halogens is 3. The van der Waals surface area contributed by atoms with Crippen LogP contribution in [0.25, 0.3) is 0 Å². The largest absolute Gasteiger partial charge is 0.416 e. The van der Waals surface area contributed by atoms with Crippen molar-refractivity contribution in [1.82, 2.24) is 4.31 Å². The summed E-state index contributed by atoms with van der Waals surface area (Å²) in [6.45, 7) is 0.584. The number of alkyl halides is 3. The average molecular weight is 349 g/mol. The lowest BCUT2D eigenvalue weighted by Gasteiger charge is -2.51.